The van der Waals surface area contributed by atoms with Crippen molar-refractivity contribution >= 4 is 27.3 Å². The van der Waals surface area contributed by atoms with Crippen molar-refractivity contribution in [2.75, 3.05) is 6.54 Å². The Bertz CT molecular complexity index is 547. The van der Waals surface area contributed by atoms with Crippen LogP contribution in [0.25, 0.3) is 0 Å². The predicted molar refractivity (Wildman–Crippen MR) is 89.4 cm³/mol. The summed E-state index contributed by atoms with van der Waals surface area (Å²) in [6, 6.07) is 4.58. The SMILES string of the molecule is CCCNC(c1sccc1Br)c1cc(CC)nn1CC. The molecule has 2 aromatic rings. The molecule has 0 radical (unpaired) electrons. The number of nitrogens with zero attached hydrogens (tertiary/aromatic N) is 2. The van der Waals surface area contributed by atoms with Crippen LogP contribution in [0.5, 0.6) is 0 Å². The van der Waals surface area contributed by atoms with Crippen LogP contribution in [0.1, 0.15) is 49.5 Å². The Hall–Kier alpha value is -0.650. The van der Waals surface area contributed by atoms with Crippen LogP contribution in [0.4, 0.5) is 0 Å². The third-order valence-corrected chi connectivity index (χ3v) is 5.26. The average Bonchev–Trinajstić information content (AvgIpc) is 3.06. The lowest BCUT2D eigenvalue weighted by molar-refractivity contribution is 0.532. The van der Waals surface area contributed by atoms with Crippen LogP contribution < -0.4 is 5.32 Å². The van der Waals surface area contributed by atoms with Gasteiger partial charge in [0.25, 0.3) is 0 Å². The van der Waals surface area contributed by atoms with Gasteiger partial charge in [-0.2, -0.15) is 5.10 Å². The zero-order valence-electron chi connectivity index (χ0n) is 12.3. The zero-order chi connectivity index (χ0) is 14.5. The largest absolute Gasteiger partial charge is 0.304 e. The maximum atomic E-state index is 4.68. The van der Waals surface area contributed by atoms with Crippen molar-refractivity contribution in [1.82, 2.24) is 15.1 Å². The number of rotatable bonds is 7. The first-order chi connectivity index (χ1) is 9.71. The van der Waals surface area contributed by atoms with Gasteiger partial charge < -0.3 is 5.32 Å². The number of aryl methyl sites for hydroxylation is 2. The summed E-state index contributed by atoms with van der Waals surface area (Å²) in [5.74, 6) is 0. The normalized spacial score (nSPS) is 12.8. The highest BCUT2D eigenvalue weighted by Gasteiger charge is 2.22. The minimum Gasteiger partial charge on any atom is -0.304 e. The molecule has 1 atom stereocenters. The molecule has 2 aromatic heterocycles. The fourth-order valence-corrected chi connectivity index (χ4v) is 3.96. The molecule has 0 amide bonds. The molecule has 0 aromatic carbocycles. The summed E-state index contributed by atoms with van der Waals surface area (Å²) < 4.78 is 3.30. The molecule has 0 saturated heterocycles. The first kappa shape index (κ1) is 15.7. The molecule has 0 aliphatic carbocycles. The maximum absolute atomic E-state index is 4.68. The van der Waals surface area contributed by atoms with E-state index in [0.29, 0.717) is 0 Å². The van der Waals surface area contributed by atoms with Crippen molar-refractivity contribution in [3.05, 3.63) is 38.3 Å². The maximum Gasteiger partial charge on any atom is 0.0853 e. The zero-order valence-corrected chi connectivity index (χ0v) is 14.7. The number of thiophene rings is 1. The lowest BCUT2D eigenvalue weighted by Gasteiger charge is -2.19. The van der Waals surface area contributed by atoms with Gasteiger partial charge in [-0.25, -0.2) is 0 Å². The standard InChI is InChI=1S/C15H22BrN3S/c1-4-8-17-14(15-12(16)7-9-20-15)13-10-11(5-2)18-19(13)6-3/h7,9-10,14,17H,4-6,8H2,1-3H3. The Morgan fingerprint density at radius 1 is 1.40 bits per heavy atom. The summed E-state index contributed by atoms with van der Waals surface area (Å²) in [7, 11) is 0. The Morgan fingerprint density at radius 2 is 2.20 bits per heavy atom. The Balaban J connectivity index is 2.40. The molecule has 0 bridgehead atoms. The van der Waals surface area contributed by atoms with Crippen molar-refractivity contribution in [3.63, 3.8) is 0 Å². The van der Waals surface area contributed by atoms with Gasteiger partial charge in [-0.05, 0) is 59.8 Å². The second-order valence-corrected chi connectivity index (χ2v) is 6.55. The third-order valence-electron chi connectivity index (χ3n) is 3.32. The van der Waals surface area contributed by atoms with Gasteiger partial charge in [-0.3, -0.25) is 4.68 Å². The van der Waals surface area contributed by atoms with Gasteiger partial charge in [0.1, 0.15) is 0 Å². The molecule has 2 rings (SSSR count). The predicted octanol–water partition coefficient (Wildman–Crippen LogP) is 4.38. The molecular formula is C15H22BrN3S. The minimum absolute atomic E-state index is 0.220. The van der Waals surface area contributed by atoms with Gasteiger partial charge in [0.15, 0.2) is 0 Å². The van der Waals surface area contributed by atoms with Crippen LogP contribution in [-0.4, -0.2) is 16.3 Å². The van der Waals surface area contributed by atoms with Gasteiger partial charge in [0.2, 0.25) is 0 Å². The quantitative estimate of drug-likeness (QED) is 0.798. The van der Waals surface area contributed by atoms with Crippen LogP contribution in [0.3, 0.4) is 0 Å². The molecule has 0 saturated carbocycles. The van der Waals surface area contributed by atoms with Crippen molar-refractivity contribution in [2.45, 2.75) is 46.2 Å². The lowest BCUT2D eigenvalue weighted by Crippen LogP contribution is -2.25. The van der Waals surface area contributed by atoms with E-state index >= 15 is 0 Å². The van der Waals surface area contributed by atoms with E-state index in [1.165, 1.54) is 15.0 Å². The van der Waals surface area contributed by atoms with Crippen molar-refractivity contribution in [2.24, 2.45) is 0 Å². The smallest absolute Gasteiger partial charge is 0.0853 e. The fraction of sp³-hybridized carbons (Fsp3) is 0.533. The molecular weight excluding hydrogens is 334 g/mol. The highest BCUT2D eigenvalue weighted by Crippen LogP contribution is 2.33. The second kappa shape index (κ2) is 7.38. The van der Waals surface area contributed by atoms with E-state index in [-0.39, 0.29) is 6.04 Å². The number of nitrogens with one attached hydrogen (secondary N) is 1. The van der Waals surface area contributed by atoms with Crippen LogP contribution in [0.2, 0.25) is 0 Å². The molecule has 110 valence electrons. The molecule has 1 N–H and O–H groups in total. The number of hydrogen-bond acceptors (Lipinski definition) is 3. The Kier molecular flexibility index (Phi) is 5.81. The number of halogens is 1. The molecule has 0 aliphatic heterocycles. The van der Waals surface area contributed by atoms with Gasteiger partial charge in [-0.1, -0.05) is 13.8 Å². The van der Waals surface area contributed by atoms with Crippen LogP contribution >= 0.6 is 27.3 Å². The van der Waals surface area contributed by atoms with Gasteiger partial charge in [-0.15, -0.1) is 11.3 Å². The van der Waals surface area contributed by atoms with Crippen molar-refractivity contribution in [3.8, 4) is 0 Å². The molecule has 5 heteroatoms. The summed E-state index contributed by atoms with van der Waals surface area (Å²) in [6.45, 7) is 8.41. The summed E-state index contributed by atoms with van der Waals surface area (Å²) in [4.78, 5) is 1.33. The highest BCUT2D eigenvalue weighted by molar-refractivity contribution is 9.10. The fourth-order valence-electron chi connectivity index (χ4n) is 2.28. The summed E-state index contributed by atoms with van der Waals surface area (Å²) in [5.41, 5.74) is 2.43. The number of aromatic nitrogens is 2. The van der Waals surface area contributed by atoms with Crippen molar-refractivity contribution < 1.29 is 0 Å². The third kappa shape index (κ3) is 3.32. The van der Waals surface area contributed by atoms with E-state index in [1.54, 1.807) is 11.3 Å². The highest BCUT2D eigenvalue weighted by atomic mass is 79.9. The summed E-state index contributed by atoms with van der Waals surface area (Å²) in [5, 5.41) is 10.5. The number of hydrogen-bond donors (Lipinski definition) is 1. The Labute approximate surface area is 133 Å². The van der Waals surface area contributed by atoms with Gasteiger partial charge in [0.05, 0.1) is 17.4 Å². The van der Waals surface area contributed by atoms with Crippen LogP contribution in [0.15, 0.2) is 22.0 Å². The van der Waals surface area contributed by atoms with E-state index in [9.17, 15) is 0 Å². The van der Waals surface area contributed by atoms with E-state index in [4.69, 9.17) is 0 Å². The van der Waals surface area contributed by atoms with Gasteiger partial charge >= 0.3 is 0 Å². The first-order valence-electron chi connectivity index (χ1n) is 7.24. The first-order valence-corrected chi connectivity index (χ1v) is 8.91. The molecule has 0 fully saturated rings. The van der Waals surface area contributed by atoms with Gasteiger partial charge in [0, 0.05) is 15.9 Å². The Morgan fingerprint density at radius 3 is 2.75 bits per heavy atom. The molecule has 0 aliphatic rings. The summed E-state index contributed by atoms with van der Waals surface area (Å²) >= 11 is 5.46. The minimum atomic E-state index is 0.220. The van der Waals surface area contributed by atoms with Crippen LogP contribution in [-0.2, 0) is 13.0 Å². The van der Waals surface area contributed by atoms with E-state index < -0.39 is 0 Å². The monoisotopic (exact) mass is 355 g/mol. The molecule has 2 heterocycles. The summed E-state index contributed by atoms with van der Waals surface area (Å²) in [6.07, 6.45) is 2.10. The molecule has 1 unspecified atom stereocenters. The second-order valence-electron chi connectivity index (χ2n) is 4.75. The average molecular weight is 356 g/mol. The topological polar surface area (TPSA) is 29.9 Å². The lowest BCUT2D eigenvalue weighted by atomic mass is 10.1. The molecule has 20 heavy (non-hydrogen) atoms. The van der Waals surface area contributed by atoms with E-state index in [2.05, 4.69) is 69.3 Å². The molecule has 0 spiro atoms. The van der Waals surface area contributed by atoms with E-state index in [0.717, 1.165) is 31.6 Å². The van der Waals surface area contributed by atoms with E-state index in [1.807, 2.05) is 0 Å². The molecule has 3 nitrogen and oxygen atoms in total. The van der Waals surface area contributed by atoms with Crippen LogP contribution in [0, 0.1) is 0 Å². The van der Waals surface area contributed by atoms with Crippen molar-refractivity contribution in [1.29, 1.82) is 0 Å².